The summed E-state index contributed by atoms with van der Waals surface area (Å²) in [5.74, 6) is 0. The SMILES string of the molecule is O/N=C/c1ccccc1.O=[N+]([O-])c1ccc(S(=O)(=O)O)cc1. The van der Waals surface area contributed by atoms with E-state index in [1.54, 1.807) is 0 Å². The van der Waals surface area contributed by atoms with Crippen LogP contribution in [0, 0.1) is 10.1 Å². The number of hydrogen-bond acceptors (Lipinski definition) is 6. The Morgan fingerprint density at radius 3 is 2.00 bits per heavy atom. The van der Waals surface area contributed by atoms with Crippen LogP contribution in [0.15, 0.2) is 64.6 Å². The molecule has 0 fully saturated rings. The third-order valence-corrected chi connectivity index (χ3v) is 3.22. The highest BCUT2D eigenvalue weighted by molar-refractivity contribution is 7.85. The molecule has 0 heterocycles. The van der Waals surface area contributed by atoms with Crippen molar-refractivity contribution in [3.63, 3.8) is 0 Å². The highest BCUT2D eigenvalue weighted by atomic mass is 32.2. The summed E-state index contributed by atoms with van der Waals surface area (Å²) in [6.45, 7) is 0. The average Bonchev–Trinajstić information content (AvgIpc) is 2.48. The summed E-state index contributed by atoms with van der Waals surface area (Å²) in [6.07, 6.45) is 1.39. The average molecular weight is 324 g/mol. The second kappa shape index (κ2) is 7.86. The Bertz CT molecular complexity index is 742. The van der Waals surface area contributed by atoms with Gasteiger partial charge >= 0.3 is 0 Å². The van der Waals surface area contributed by atoms with E-state index in [4.69, 9.17) is 9.76 Å². The predicted octanol–water partition coefficient (Wildman–Crippen LogP) is 2.34. The van der Waals surface area contributed by atoms with Gasteiger partial charge in [-0.15, -0.1) is 0 Å². The Balaban J connectivity index is 0.000000235. The maximum atomic E-state index is 10.5. The van der Waals surface area contributed by atoms with Gasteiger partial charge < -0.3 is 5.21 Å². The molecule has 2 aromatic carbocycles. The molecule has 0 radical (unpaired) electrons. The molecule has 116 valence electrons. The number of oxime groups is 1. The van der Waals surface area contributed by atoms with Crippen LogP contribution in [0.3, 0.4) is 0 Å². The summed E-state index contributed by atoms with van der Waals surface area (Å²) >= 11 is 0. The zero-order valence-corrected chi connectivity index (χ0v) is 11.9. The molecular formula is C13H12N2O6S. The molecule has 2 rings (SSSR count). The van der Waals surface area contributed by atoms with Crippen LogP contribution in [-0.4, -0.2) is 29.3 Å². The third kappa shape index (κ3) is 5.69. The van der Waals surface area contributed by atoms with Gasteiger partial charge in [-0.05, 0) is 17.7 Å². The van der Waals surface area contributed by atoms with Gasteiger partial charge in [-0.25, -0.2) is 0 Å². The molecule has 0 aliphatic rings. The lowest BCUT2D eigenvalue weighted by Crippen LogP contribution is -1.97. The summed E-state index contributed by atoms with van der Waals surface area (Å²) in [7, 11) is -4.27. The quantitative estimate of drug-likeness (QED) is 0.293. The molecule has 0 amide bonds. The molecule has 0 saturated carbocycles. The zero-order chi connectivity index (χ0) is 16.6. The van der Waals surface area contributed by atoms with E-state index in [-0.39, 0.29) is 10.6 Å². The lowest BCUT2D eigenvalue weighted by molar-refractivity contribution is -0.384. The molecule has 0 aliphatic carbocycles. The number of rotatable bonds is 3. The van der Waals surface area contributed by atoms with Gasteiger partial charge in [0.25, 0.3) is 15.8 Å². The monoisotopic (exact) mass is 324 g/mol. The summed E-state index contributed by atoms with van der Waals surface area (Å²) in [5.41, 5.74) is 0.674. The summed E-state index contributed by atoms with van der Waals surface area (Å²) < 4.78 is 29.5. The second-order valence-corrected chi connectivity index (χ2v) is 5.30. The number of nitrogens with zero attached hydrogens (tertiary/aromatic N) is 2. The van der Waals surface area contributed by atoms with E-state index in [0.717, 1.165) is 29.8 Å². The van der Waals surface area contributed by atoms with Crippen LogP contribution in [0.25, 0.3) is 0 Å². The lowest BCUT2D eigenvalue weighted by Gasteiger charge is -1.94. The Morgan fingerprint density at radius 1 is 1.05 bits per heavy atom. The minimum absolute atomic E-state index is 0.229. The number of hydrogen-bond donors (Lipinski definition) is 2. The van der Waals surface area contributed by atoms with Crippen molar-refractivity contribution in [3.05, 3.63) is 70.3 Å². The molecule has 0 unspecified atom stereocenters. The Kier molecular flexibility index (Phi) is 6.17. The van der Waals surface area contributed by atoms with Gasteiger partial charge in [-0.2, -0.15) is 8.42 Å². The van der Waals surface area contributed by atoms with Gasteiger partial charge in [0.15, 0.2) is 0 Å². The van der Waals surface area contributed by atoms with E-state index in [9.17, 15) is 18.5 Å². The summed E-state index contributed by atoms with van der Waals surface area (Å²) in [5, 5.41) is 21.1. The molecule has 2 N–H and O–H groups in total. The maximum Gasteiger partial charge on any atom is 0.294 e. The highest BCUT2D eigenvalue weighted by Crippen LogP contribution is 2.14. The normalized spacial score (nSPS) is 10.8. The van der Waals surface area contributed by atoms with E-state index >= 15 is 0 Å². The van der Waals surface area contributed by atoms with Crippen LogP contribution in [0.4, 0.5) is 5.69 Å². The molecule has 8 nitrogen and oxygen atoms in total. The Labute approximate surface area is 126 Å². The van der Waals surface area contributed by atoms with Crippen LogP contribution in [0.2, 0.25) is 0 Å². The fourth-order valence-electron chi connectivity index (χ4n) is 1.35. The second-order valence-electron chi connectivity index (χ2n) is 3.88. The van der Waals surface area contributed by atoms with Gasteiger partial charge in [0.2, 0.25) is 0 Å². The van der Waals surface area contributed by atoms with Crippen molar-refractivity contribution in [1.82, 2.24) is 0 Å². The first kappa shape index (κ1) is 17.3. The molecule has 0 aromatic heterocycles. The summed E-state index contributed by atoms with van der Waals surface area (Å²) in [6, 6.07) is 13.3. The maximum absolute atomic E-state index is 10.5. The van der Waals surface area contributed by atoms with Crippen molar-refractivity contribution in [3.8, 4) is 0 Å². The first-order valence-electron chi connectivity index (χ1n) is 5.79. The van der Waals surface area contributed by atoms with Gasteiger partial charge in [-0.3, -0.25) is 14.7 Å². The molecule has 22 heavy (non-hydrogen) atoms. The van der Waals surface area contributed by atoms with Crippen LogP contribution < -0.4 is 0 Å². The van der Waals surface area contributed by atoms with E-state index in [1.807, 2.05) is 30.3 Å². The molecule has 0 atom stereocenters. The van der Waals surface area contributed by atoms with E-state index in [2.05, 4.69) is 5.16 Å². The van der Waals surface area contributed by atoms with E-state index in [0.29, 0.717) is 0 Å². The largest absolute Gasteiger partial charge is 0.411 e. The highest BCUT2D eigenvalue weighted by Gasteiger charge is 2.11. The number of nitro benzene ring substituents is 1. The van der Waals surface area contributed by atoms with Crippen molar-refractivity contribution < 1.29 is 23.1 Å². The molecule has 0 bridgehead atoms. The lowest BCUT2D eigenvalue weighted by atomic mass is 10.2. The zero-order valence-electron chi connectivity index (χ0n) is 11.1. The van der Waals surface area contributed by atoms with Crippen LogP contribution in [-0.2, 0) is 10.1 Å². The number of non-ortho nitro benzene ring substituents is 1. The third-order valence-electron chi connectivity index (χ3n) is 2.35. The number of nitro groups is 1. The first-order valence-corrected chi connectivity index (χ1v) is 7.23. The van der Waals surface area contributed by atoms with Crippen LogP contribution >= 0.6 is 0 Å². The van der Waals surface area contributed by atoms with Crippen molar-refractivity contribution >= 4 is 22.0 Å². The van der Waals surface area contributed by atoms with Gasteiger partial charge in [0.05, 0.1) is 16.0 Å². The topological polar surface area (TPSA) is 130 Å². The number of benzene rings is 2. The fourth-order valence-corrected chi connectivity index (χ4v) is 1.83. The summed E-state index contributed by atoms with van der Waals surface area (Å²) in [4.78, 5) is 9.13. The van der Waals surface area contributed by atoms with E-state index in [1.165, 1.54) is 6.21 Å². The predicted molar refractivity (Wildman–Crippen MR) is 78.7 cm³/mol. The molecule has 0 saturated heterocycles. The fraction of sp³-hybridized carbons (Fsp3) is 0. The van der Waals surface area contributed by atoms with Crippen LogP contribution in [0.1, 0.15) is 5.56 Å². The van der Waals surface area contributed by atoms with Crippen molar-refractivity contribution in [2.75, 3.05) is 0 Å². The van der Waals surface area contributed by atoms with Crippen molar-refractivity contribution in [2.24, 2.45) is 5.16 Å². The van der Waals surface area contributed by atoms with Crippen molar-refractivity contribution in [2.45, 2.75) is 4.90 Å². The first-order chi connectivity index (χ1) is 10.3. The van der Waals surface area contributed by atoms with Crippen LogP contribution in [0.5, 0.6) is 0 Å². The smallest absolute Gasteiger partial charge is 0.294 e. The van der Waals surface area contributed by atoms with Crippen molar-refractivity contribution in [1.29, 1.82) is 0 Å². The van der Waals surface area contributed by atoms with Gasteiger partial charge in [-0.1, -0.05) is 35.5 Å². The molecule has 0 spiro atoms. The minimum atomic E-state index is -4.27. The van der Waals surface area contributed by atoms with Gasteiger partial charge in [0.1, 0.15) is 0 Å². The molecular weight excluding hydrogens is 312 g/mol. The molecule has 9 heteroatoms. The van der Waals surface area contributed by atoms with Gasteiger partial charge in [0, 0.05) is 12.1 Å². The molecule has 0 aliphatic heterocycles. The Hall–Kier alpha value is -2.78. The molecule has 2 aromatic rings. The minimum Gasteiger partial charge on any atom is -0.411 e. The standard InChI is InChI=1S/C7H7NO.C6H5NO5S/c9-8-6-7-4-2-1-3-5-7;8-7(9)5-1-3-6(4-2-5)13(10,11)12/h1-6,9H;1-4H,(H,10,11,12)/b8-6+;. The Morgan fingerprint density at radius 2 is 1.59 bits per heavy atom. The van der Waals surface area contributed by atoms with E-state index < -0.39 is 15.0 Å².